The molecule has 0 saturated carbocycles. The minimum Gasteiger partial charge on any atom is -0.480 e. The van der Waals surface area contributed by atoms with E-state index in [0.29, 0.717) is 34.2 Å². The second-order valence-electron chi connectivity index (χ2n) is 9.48. The van der Waals surface area contributed by atoms with Crippen molar-refractivity contribution in [2.24, 2.45) is 0 Å². The number of carbonyl (C=O) groups is 3. The van der Waals surface area contributed by atoms with Gasteiger partial charge in [-0.05, 0) is 36.4 Å². The molecule has 0 fully saturated rings. The lowest BCUT2D eigenvalue weighted by Crippen LogP contribution is -2.32. The fraction of sp³-hybridized carbons (Fsp3) is 0.333. The number of pyridine rings is 3. The Morgan fingerprint density at radius 2 is 0.692 bits per heavy atom. The predicted molar refractivity (Wildman–Crippen MR) is 138 cm³/mol. The van der Waals surface area contributed by atoms with E-state index < -0.39 is 17.9 Å². The Morgan fingerprint density at radius 3 is 0.872 bits per heavy atom. The zero-order valence-electron chi connectivity index (χ0n) is 21.3. The minimum absolute atomic E-state index is 0.228. The number of aromatic nitrogens is 3. The first-order chi connectivity index (χ1) is 18.7. The van der Waals surface area contributed by atoms with Crippen molar-refractivity contribution in [2.45, 2.75) is 39.3 Å². The molecule has 3 N–H and O–H groups in total. The zero-order valence-corrected chi connectivity index (χ0v) is 21.3. The monoisotopic (exact) mass is 534 g/mol. The minimum atomic E-state index is -0.988. The summed E-state index contributed by atoms with van der Waals surface area (Å²) in [6.07, 6.45) is 0. The van der Waals surface area contributed by atoms with E-state index >= 15 is 0 Å². The third-order valence-corrected chi connectivity index (χ3v) is 5.98. The van der Waals surface area contributed by atoms with Crippen LogP contribution >= 0.6 is 0 Å². The Labute approximate surface area is 225 Å². The molecule has 12 heteroatoms. The standard InChI is InChI=1S/C27H30N6O6/c34-25(35)16-31-10-19-4-1-5-20(28-19)11-32(17-26(36)37)13-22-7-3-9-24(30-22)15-33(18-27(38)39)14-23-8-2-6-21(12-31)29-23/h1-9H,10-18H2,(H,34,35)(H,36,37)(H,38,39). The summed E-state index contributed by atoms with van der Waals surface area (Å²) in [5.41, 5.74) is 3.88. The summed E-state index contributed by atoms with van der Waals surface area (Å²) in [6.45, 7) is 0.815. The number of rotatable bonds is 6. The van der Waals surface area contributed by atoms with Gasteiger partial charge in [0.05, 0.1) is 53.8 Å². The van der Waals surface area contributed by atoms with Gasteiger partial charge in [-0.15, -0.1) is 0 Å². The molecule has 6 bridgehead atoms. The number of aliphatic carboxylic acids is 3. The van der Waals surface area contributed by atoms with Crippen molar-refractivity contribution >= 4 is 17.9 Å². The predicted octanol–water partition coefficient (Wildman–Crippen LogP) is 1.45. The van der Waals surface area contributed by atoms with E-state index in [-0.39, 0.29) is 58.9 Å². The van der Waals surface area contributed by atoms with Gasteiger partial charge in [-0.2, -0.15) is 0 Å². The molecule has 3 aromatic heterocycles. The van der Waals surface area contributed by atoms with Crippen LogP contribution in [0.15, 0.2) is 54.6 Å². The van der Waals surface area contributed by atoms with Crippen LogP contribution in [-0.4, -0.2) is 82.5 Å². The number of nitrogens with zero attached hydrogens (tertiary/aromatic N) is 6. The van der Waals surface area contributed by atoms with Crippen LogP contribution in [0.5, 0.6) is 0 Å². The van der Waals surface area contributed by atoms with E-state index in [2.05, 4.69) is 15.0 Å². The third kappa shape index (κ3) is 8.92. The van der Waals surface area contributed by atoms with Gasteiger partial charge < -0.3 is 15.3 Å². The highest BCUT2D eigenvalue weighted by Crippen LogP contribution is 2.15. The summed E-state index contributed by atoms with van der Waals surface area (Å²) in [5.74, 6) is -2.96. The van der Waals surface area contributed by atoms with E-state index in [0.717, 1.165) is 0 Å². The molecule has 4 rings (SSSR count). The average molecular weight is 535 g/mol. The normalized spacial score (nSPS) is 15.7. The molecule has 0 atom stereocenters. The van der Waals surface area contributed by atoms with Gasteiger partial charge in [-0.25, -0.2) is 0 Å². The smallest absolute Gasteiger partial charge is 0.317 e. The third-order valence-electron chi connectivity index (χ3n) is 5.98. The SMILES string of the molecule is O=C(O)CN1Cc2cccc(n2)CN(CC(=O)O)Cc2cccc(n2)CN(CC(=O)O)Cc2cccc(n2)C1. The van der Waals surface area contributed by atoms with Crippen LogP contribution in [0, 0.1) is 0 Å². The topological polar surface area (TPSA) is 160 Å². The molecule has 0 aliphatic carbocycles. The Balaban J connectivity index is 1.72. The molecular weight excluding hydrogens is 504 g/mol. The Morgan fingerprint density at radius 1 is 0.487 bits per heavy atom. The number of carboxylic acid groups (broad SMARTS) is 3. The van der Waals surface area contributed by atoms with Crippen molar-refractivity contribution in [3.8, 4) is 0 Å². The van der Waals surface area contributed by atoms with Gasteiger partial charge in [-0.3, -0.25) is 44.0 Å². The lowest BCUT2D eigenvalue weighted by Gasteiger charge is -2.23. The number of hydrogen-bond acceptors (Lipinski definition) is 9. The fourth-order valence-corrected chi connectivity index (χ4v) is 4.57. The highest BCUT2D eigenvalue weighted by atomic mass is 16.4. The van der Waals surface area contributed by atoms with Crippen molar-refractivity contribution in [3.63, 3.8) is 0 Å². The highest BCUT2D eigenvalue weighted by molar-refractivity contribution is 5.69. The van der Waals surface area contributed by atoms with Crippen LogP contribution in [-0.2, 0) is 53.7 Å². The summed E-state index contributed by atoms with van der Waals surface area (Å²) in [4.78, 5) is 54.0. The van der Waals surface area contributed by atoms with Crippen molar-refractivity contribution in [1.29, 1.82) is 0 Å². The van der Waals surface area contributed by atoms with Crippen LogP contribution < -0.4 is 0 Å². The Bertz CT molecular complexity index is 1110. The fourth-order valence-electron chi connectivity index (χ4n) is 4.57. The number of hydrogen-bond donors (Lipinski definition) is 3. The van der Waals surface area contributed by atoms with Gasteiger partial charge in [0.1, 0.15) is 0 Å². The quantitative estimate of drug-likeness (QED) is 0.418. The summed E-state index contributed by atoms with van der Waals surface area (Å²) in [6, 6.07) is 16.3. The van der Waals surface area contributed by atoms with Gasteiger partial charge in [-0.1, -0.05) is 18.2 Å². The van der Waals surface area contributed by atoms with Crippen LogP contribution in [0.3, 0.4) is 0 Å². The molecule has 0 saturated heterocycles. The zero-order chi connectivity index (χ0) is 27.8. The molecule has 0 aromatic carbocycles. The van der Waals surface area contributed by atoms with Crippen molar-refractivity contribution < 1.29 is 29.7 Å². The van der Waals surface area contributed by atoms with Crippen molar-refractivity contribution in [1.82, 2.24) is 29.7 Å². The maximum absolute atomic E-state index is 11.6. The number of fused-ring (bicyclic) bond motifs is 6. The van der Waals surface area contributed by atoms with Crippen LogP contribution in [0.4, 0.5) is 0 Å². The van der Waals surface area contributed by atoms with Crippen LogP contribution in [0.25, 0.3) is 0 Å². The first-order valence-corrected chi connectivity index (χ1v) is 12.4. The maximum Gasteiger partial charge on any atom is 0.317 e. The second-order valence-corrected chi connectivity index (χ2v) is 9.48. The lowest BCUT2D eigenvalue weighted by atomic mass is 10.2. The van der Waals surface area contributed by atoms with Gasteiger partial charge in [0.2, 0.25) is 0 Å². The van der Waals surface area contributed by atoms with Gasteiger partial charge in [0.15, 0.2) is 0 Å². The summed E-state index contributed by atoms with van der Waals surface area (Å²) in [5, 5.41) is 28.5. The van der Waals surface area contributed by atoms with Crippen molar-refractivity contribution in [2.75, 3.05) is 19.6 Å². The Hall–Kier alpha value is -4.26. The molecule has 0 amide bonds. The summed E-state index contributed by atoms with van der Waals surface area (Å²) < 4.78 is 0. The van der Waals surface area contributed by atoms with E-state index in [9.17, 15) is 29.7 Å². The molecule has 0 unspecified atom stereocenters. The highest BCUT2D eigenvalue weighted by Gasteiger charge is 2.18. The molecule has 0 spiro atoms. The summed E-state index contributed by atoms with van der Waals surface area (Å²) >= 11 is 0. The molecule has 1 aliphatic heterocycles. The Kier molecular flexibility index (Phi) is 9.26. The maximum atomic E-state index is 11.6. The molecule has 204 valence electrons. The van der Waals surface area contributed by atoms with Crippen LogP contribution in [0.1, 0.15) is 34.2 Å². The van der Waals surface area contributed by atoms with E-state index in [1.165, 1.54) is 0 Å². The van der Waals surface area contributed by atoms with E-state index in [1.807, 2.05) is 18.2 Å². The van der Waals surface area contributed by atoms with Gasteiger partial charge >= 0.3 is 17.9 Å². The first-order valence-electron chi connectivity index (χ1n) is 12.4. The molecule has 0 radical (unpaired) electrons. The van der Waals surface area contributed by atoms with Gasteiger partial charge in [0.25, 0.3) is 0 Å². The first kappa shape index (κ1) is 27.8. The molecule has 1 aliphatic rings. The average Bonchev–Trinajstić information content (AvgIpc) is 2.83. The van der Waals surface area contributed by atoms with Crippen LogP contribution in [0.2, 0.25) is 0 Å². The molecular formula is C27H30N6O6. The summed E-state index contributed by atoms with van der Waals surface area (Å²) in [7, 11) is 0. The molecule has 3 aromatic rings. The van der Waals surface area contributed by atoms with E-state index in [1.54, 1.807) is 51.1 Å². The molecule has 12 nitrogen and oxygen atoms in total. The largest absolute Gasteiger partial charge is 0.480 e. The lowest BCUT2D eigenvalue weighted by molar-refractivity contribution is -0.139. The second kappa shape index (κ2) is 13.0. The number of carboxylic acids is 3. The molecule has 4 heterocycles. The molecule has 39 heavy (non-hydrogen) atoms. The van der Waals surface area contributed by atoms with E-state index in [4.69, 9.17) is 0 Å². The van der Waals surface area contributed by atoms with Crippen molar-refractivity contribution in [3.05, 3.63) is 88.8 Å². The van der Waals surface area contributed by atoms with Gasteiger partial charge in [0, 0.05) is 39.3 Å².